The Morgan fingerprint density at radius 1 is 1.00 bits per heavy atom. The SMILES string of the molecule is CC(C)c1cccc(Oc2cccc(C#N)c2)c1. The lowest BCUT2D eigenvalue weighted by Crippen LogP contribution is -1.89. The Morgan fingerprint density at radius 3 is 2.33 bits per heavy atom. The van der Waals surface area contributed by atoms with Gasteiger partial charge < -0.3 is 4.74 Å². The first kappa shape index (κ1) is 12.2. The van der Waals surface area contributed by atoms with E-state index in [0.29, 0.717) is 17.2 Å². The van der Waals surface area contributed by atoms with Crippen LogP contribution in [0, 0.1) is 11.3 Å². The summed E-state index contributed by atoms with van der Waals surface area (Å²) in [5.41, 5.74) is 1.84. The van der Waals surface area contributed by atoms with E-state index in [4.69, 9.17) is 10.00 Å². The van der Waals surface area contributed by atoms with Crippen LogP contribution in [0.3, 0.4) is 0 Å². The van der Waals surface area contributed by atoms with Gasteiger partial charge in [0, 0.05) is 0 Å². The number of hydrogen-bond donors (Lipinski definition) is 0. The van der Waals surface area contributed by atoms with E-state index in [-0.39, 0.29) is 0 Å². The van der Waals surface area contributed by atoms with Crippen molar-refractivity contribution < 1.29 is 4.74 Å². The van der Waals surface area contributed by atoms with Crippen molar-refractivity contribution in [3.63, 3.8) is 0 Å². The van der Waals surface area contributed by atoms with Crippen LogP contribution in [0.15, 0.2) is 48.5 Å². The van der Waals surface area contributed by atoms with Crippen molar-refractivity contribution in [2.24, 2.45) is 0 Å². The van der Waals surface area contributed by atoms with Crippen LogP contribution in [0.1, 0.15) is 30.9 Å². The van der Waals surface area contributed by atoms with Gasteiger partial charge in [-0.25, -0.2) is 0 Å². The van der Waals surface area contributed by atoms with E-state index in [9.17, 15) is 0 Å². The molecular formula is C16H15NO. The fraction of sp³-hybridized carbons (Fsp3) is 0.188. The minimum absolute atomic E-state index is 0.471. The molecule has 2 rings (SSSR count). The summed E-state index contributed by atoms with van der Waals surface area (Å²) in [6.07, 6.45) is 0. The highest BCUT2D eigenvalue weighted by atomic mass is 16.5. The van der Waals surface area contributed by atoms with Gasteiger partial charge in [0.05, 0.1) is 11.6 Å². The fourth-order valence-electron chi connectivity index (χ4n) is 1.70. The van der Waals surface area contributed by atoms with E-state index in [2.05, 4.69) is 26.0 Å². The van der Waals surface area contributed by atoms with E-state index in [1.54, 1.807) is 12.1 Å². The minimum atomic E-state index is 0.471. The molecule has 0 unspecified atom stereocenters. The maximum Gasteiger partial charge on any atom is 0.128 e. The molecule has 0 N–H and O–H groups in total. The smallest absolute Gasteiger partial charge is 0.128 e. The molecule has 0 fully saturated rings. The van der Waals surface area contributed by atoms with Crippen molar-refractivity contribution in [3.05, 3.63) is 59.7 Å². The van der Waals surface area contributed by atoms with E-state index in [1.807, 2.05) is 30.3 Å². The lowest BCUT2D eigenvalue weighted by atomic mass is 10.0. The van der Waals surface area contributed by atoms with Crippen LogP contribution in [0.5, 0.6) is 11.5 Å². The number of hydrogen-bond acceptors (Lipinski definition) is 2. The lowest BCUT2D eigenvalue weighted by Gasteiger charge is -2.09. The third kappa shape index (κ3) is 2.89. The molecule has 0 atom stereocenters. The van der Waals surface area contributed by atoms with Crippen molar-refractivity contribution in [2.75, 3.05) is 0 Å². The highest BCUT2D eigenvalue weighted by Crippen LogP contribution is 2.25. The lowest BCUT2D eigenvalue weighted by molar-refractivity contribution is 0.481. The molecule has 2 nitrogen and oxygen atoms in total. The molecule has 2 aromatic carbocycles. The largest absolute Gasteiger partial charge is 0.457 e. The van der Waals surface area contributed by atoms with Gasteiger partial charge in [0.15, 0.2) is 0 Å². The molecule has 0 bridgehead atoms. The van der Waals surface area contributed by atoms with Gasteiger partial charge in [-0.3, -0.25) is 0 Å². The maximum absolute atomic E-state index is 8.84. The van der Waals surface area contributed by atoms with Gasteiger partial charge in [-0.2, -0.15) is 5.26 Å². The summed E-state index contributed by atoms with van der Waals surface area (Å²) >= 11 is 0. The van der Waals surface area contributed by atoms with E-state index in [0.717, 1.165) is 5.75 Å². The number of benzene rings is 2. The van der Waals surface area contributed by atoms with E-state index < -0.39 is 0 Å². The monoisotopic (exact) mass is 237 g/mol. The van der Waals surface area contributed by atoms with Gasteiger partial charge in [-0.15, -0.1) is 0 Å². The molecule has 0 saturated heterocycles. The fourth-order valence-corrected chi connectivity index (χ4v) is 1.70. The summed E-state index contributed by atoms with van der Waals surface area (Å²) < 4.78 is 5.76. The van der Waals surface area contributed by atoms with Crippen molar-refractivity contribution in [1.82, 2.24) is 0 Å². The molecule has 18 heavy (non-hydrogen) atoms. The van der Waals surface area contributed by atoms with Gasteiger partial charge in [-0.1, -0.05) is 32.0 Å². The van der Waals surface area contributed by atoms with Crippen LogP contribution in [0.4, 0.5) is 0 Å². The maximum atomic E-state index is 8.84. The third-order valence-electron chi connectivity index (χ3n) is 2.72. The predicted molar refractivity (Wildman–Crippen MR) is 71.8 cm³/mol. The van der Waals surface area contributed by atoms with Crippen molar-refractivity contribution in [1.29, 1.82) is 5.26 Å². The molecule has 0 radical (unpaired) electrons. The molecule has 0 aliphatic heterocycles. The van der Waals surface area contributed by atoms with Gasteiger partial charge in [0.2, 0.25) is 0 Å². The van der Waals surface area contributed by atoms with Crippen LogP contribution in [0.25, 0.3) is 0 Å². The summed E-state index contributed by atoms with van der Waals surface area (Å²) in [4.78, 5) is 0. The average Bonchev–Trinajstić information content (AvgIpc) is 2.39. The zero-order valence-corrected chi connectivity index (χ0v) is 10.6. The zero-order chi connectivity index (χ0) is 13.0. The van der Waals surface area contributed by atoms with Crippen molar-refractivity contribution >= 4 is 0 Å². The summed E-state index contributed by atoms with van der Waals surface area (Å²) in [5, 5.41) is 8.84. The minimum Gasteiger partial charge on any atom is -0.457 e. The number of nitrogens with zero attached hydrogens (tertiary/aromatic N) is 1. The topological polar surface area (TPSA) is 33.0 Å². The van der Waals surface area contributed by atoms with Gasteiger partial charge in [-0.05, 0) is 41.8 Å². The highest BCUT2D eigenvalue weighted by molar-refractivity contribution is 5.40. The quantitative estimate of drug-likeness (QED) is 0.788. The molecule has 2 aromatic rings. The average molecular weight is 237 g/mol. The first-order valence-corrected chi connectivity index (χ1v) is 5.97. The molecule has 0 amide bonds. The second kappa shape index (κ2) is 5.37. The zero-order valence-electron chi connectivity index (χ0n) is 10.6. The standard InChI is InChI=1S/C16H15NO/c1-12(2)14-6-4-8-16(10-14)18-15-7-3-5-13(9-15)11-17/h3-10,12H,1-2H3. The van der Waals surface area contributed by atoms with Crippen molar-refractivity contribution in [2.45, 2.75) is 19.8 Å². The second-order valence-corrected chi connectivity index (χ2v) is 4.47. The third-order valence-corrected chi connectivity index (χ3v) is 2.72. The highest BCUT2D eigenvalue weighted by Gasteiger charge is 2.02. The van der Waals surface area contributed by atoms with Crippen LogP contribution >= 0.6 is 0 Å². The molecule has 90 valence electrons. The number of nitriles is 1. The molecule has 0 heterocycles. The van der Waals surface area contributed by atoms with Gasteiger partial charge >= 0.3 is 0 Å². The molecule has 0 aromatic heterocycles. The summed E-state index contributed by atoms with van der Waals surface area (Å²) in [5.74, 6) is 1.96. The van der Waals surface area contributed by atoms with Crippen LogP contribution in [-0.4, -0.2) is 0 Å². The Bertz CT molecular complexity index is 582. The van der Waals surface area contributed by atoms with Crippen molar-refractivity contribution in [3.8, 4) is 17.6 Å². The summed E-state index contributed by atoms with van der Waals surface area (Å²) in [7, 11) is 0. The Balaban J connectivity index is 2.23. The summed E-state index contributed by atoms with van der Waals surface area (Å²) in [6, 6.07) is 17.3. The molecule has 0 spiro atoms. The van der Waals surface area contributed by atoms with Crippen LogP contribution in [0.2, 0.25) is 0 Å². The second-order valence-electron chi connectivity index (χ2n) is 4.47. The van der Waals surface area contributed by atoms with Crippen LogP contribution < -0.4 is 4.74 Å². The Hall–Kier alpha value is -2.27. The van der Waals surface area contributed by atoms with Crippen LogP contribution in [-0.2, 0) is 0 Å². The first-order chi connectivity index (χ1) is 8.69. The Labute approximate surface area is 107 Å². The Morgan fingerprint density at radius 2 is 1.67 bits per heavy atom. The normalized spacial score (nSPS) is 10.1. The molecule has 0 aliphatic rings. The number of ether oxygens (including phenoxy) is 1. The summed E-state index contributed by atoms with van der Waals surface area (Å²) in [6.45, 7) is 4.30. The predicted octanol–water partition coefficient (Wildman–Crippen LogP) is 4.47. The number of rotatable bonds is 3. The van der Waals surface area contributed by atoms with E-state index in [1.165, 1.54) is 5.56 Å². The molecule has 0 aliphatic carbocycles. The molecule has 2 heteroatoms. The van der Waals surface area contributed by atoms with Gasteiger partial charge in [0.1, 0.15) is 11.5 Å². The Kier molecular flexibility index (Phi) is 3.64. The van der Waals surface area contributed by atoms with Gasteiger partial charge in [0.25, 0.3) is 0 Å². The van der Waals surface area contributed by atoms with E-state index >= 15 is 0 Å². The molecule has 0 saturated carbocycles. The molecular weight excluding hydrogens is 222 g/mol. The first-order valence-electron chi connectivity index (χ1n) is 5.97.